The molecule has 2 heteroatoms. The molecule has 1 fully saturated rings. The van der Waals surface area contributed by atoms with Gasteiger partial charge in [0.25, 0.3) is 0 Å². The van der Waals surface area contributed by atoms with E-state index in [4.69, 9.17) is 4.74 Å². The van der Waals surface area contributed by atoms with Gasteiger partial charge in [-0.1, -0.05) is 24.8 Å². The van der Waals surface area contributed by atoms with E-state index in [9.17, 15) is 5.11 Å². The Morgan fingerprint density at radius 1 is 1.18 bits per heavy atom. The summed E-state index contributed by atoms with van der Waals surface area (Å²) in [6.45, 7) is 4.18. The first-order chi connectivity index (χ1) is 8.29. The van der Waals surface area contributed by atoms with Crippen LogP contribution in [0, 0.1) is 0 Å². The Bertz CT molecular complexity index is 348. The molecular formula is C15H20O2. The van der Waals surface area contributed by atoms with E-state index in [0.717, 1.165) is 31.4 Å². The molecule has 1 aliphatic carbocycles. The van der Waals surface area contributed by atoms with E-state index < -0.39 is 0 Å². The summed E-state index contributed by atoms with van der Waals surface area (Å²) in [5.74, 6) is 1.50. The van der Waals surface area contributed by atoms with Crippen LogP contribution in [0.5, 0.6) is 5.75 Å². The normalized spacial score (nSPS) is 24.3. The SMILES string of the molecule is C=CCOc1ccc([C@H]2CC[C@H](O)CC2)cc1. The van der Waals surface area contributed by atoms with Gasteiger partial charge in [0, 0.05) is 0 Å². The van der Waals surface area contributed by atoms with Crippen LogP contribution >= 0.6 is 0 Å². The lowest BCUT2D eigenvalue weighted by molar-refractivity contribution is 0.122. The maximum Gasteiger partial charge on any atom is 0.119 e. The maximum atomic E-state index is 9.49. The summed E-state index contributed by atoms with van der Waals surface area (Å²) in [6.07, 6.45) is 5.71. The molecule has 1 saturated carbocycles. The zero-order valence-corrected chi connectivity index (χ0v) is 10.1. The van der Waals surface area contributed by atoms with Crippen LogP contribution in [0.25, 0.3) is 0 Å². The molecule has 0 radical (unpaired) electrons. The molecule has 0 heterocycles. The van der Waals surface area contributed by atoms with E-state index in [1.165, 1.54) is 5.56 Å². The fourth-order valence-corrected chi connectivity index (χ4v) is 2.40. The Hall–Kier alpha value is -1.28. The molecule has 2 rings (SSSR count). The third kappa shape index (κ3) is 3.34. The molecule has 0 bridgehead atoms. The van der Waals surface area contributed by atoms with Crippen molar-refractivity contribution in [3.05, 3.63) is 42.5 Å². The Morgan fingerprint density at radius 2 is 1.82 bits per heavy atom. The molecule has 0 saturated heterocycles. The van der Waals surface area contributed by atoms with Gasteiger partial charge in [-0.15, -0.1) is 0 Å². The smallest absolute Gasteiger partial charge is 0.119 e. The molecule has 0 aliphatic heterocycles. The molecule has 17 heavy (non-hydrogen) atoms. The lowest BCUT2D eigenvalue weighted by Gasteiger charge is -2.25. The third-order valence-corrected chi connectivity index (χ3v) is 3.42. The topological polar surface area (TPSA) is 29.5 Å². The van der Waals surface area contributed by atoms with Crippen LogP contribution in [0.15, 0.2) is 36.9 Å². The summed E-state index contributed by atoms with van der Waals surface area (Å²) in [5.41, 5.74) is 1.36. The molecule has 0 unspecified atom stereocenters. The van der Waals surface area contributed by atoms with Crippen LogP contribution in [0.3, 0.4) is 0 Å². The zero-order chi connectivity index (χ0) is 12.1. The van der Waals surface area contributed by atoms with Gasteiger partial charge in [0.15, 0.2) is 0 Å². The van der Waals surface area contributed by atoms with Crippen LogP contribution in [-0.2, 0) is 0 Å². The number of hydrogen-bond acceptors (Lipinski definition) is 2. The van der Waals surface area contributed by atoms with Crippen molar-refractivity contribution < 1.29 is 9.84 Å². The Kier molecular flexibility index (Phi) is 4.21. The number of benzene rings is 1. The highest BCUT2D eigenvalue weighted by atomic mass is 16.5. The summed E-state index contributed by atoms with van der Waals surface area (Å²) < 4.78 is 5.46. The average Bonchev–Trinajstić information content (AvgIpc) is 2.38. The number of hydrogen-bond donors (Lipinski definition) is 1. The molecular weight excluding hydrogens is 212 g/mol. The predicted octanol–water partition coefficient (Wildman–Crippen LogP) is 3.27. The van der Waals surface area contributed by atoms with E-state index in [2.05, 4.69) is 18.7 Å². The fraction of sp³-hybridized carbons (Fsp3) is 0.467. The van der Waals surface area contributed by atoms with E-state index in [0.29, 0.717) is 12.5 Å². The summed E-state index contributed by atoms with van der Waals surface area (Å²) in [7, 11) is 0. The molecule has 2 nitrogen and oxygen atoms in total. The highest BCUT2D eigenvalue weighted by Gasteiger charge is 2.20. The van der Waals surface area contributed by atoms with Crippen molar-refractivity contribution in [1.29, 1.82) is 0 Å². The van der Waals surface area contributed by atoms with Gasteiger partial charge >= 0.3 is 0 Å². The molecule has 1 aliphatic rings. The van der Waals surface area contributed by atoms with Gasteiger partial charge in [0.1, 0.15) is 12.4 Å². The van der Waals surface area contributed by atoms with Crippen molar-refractivity contribution in [3.8, 4) is 5.75 Å². The largest absolute Gasteiger partial charge is 0.490 e. The number of rotatable bonds is 4. The van der Waals surface area contributed by atoms with Crippen LogP contribution in [0.1, 0.15) is 37.2 Å². The van der Waals surface area contributed by atoms with Crippen molar-refractivity contribution in [2.45, 2.75) is 37.7 Å². The van der Waals surface area contributed by atoms with Gasteiger partial charge < -0.3 is 9.84 Å². The molecule has 0 atom stereocenters. The lowest BCUT2D eigenvalue weighted by Crippen LogP contribution is -2.16. The highest BCUT2D eigenvalue weighted by Crippen LogP contribution is 2.33. The number of ether oxygens (including phenoxy) is 1. The molecule has 0 amide bonds. The van der Waals surface area contributed by atoms with Crippen LogP contribution in [0.2, 0.25) is 0 Å². The summed E-state index contributed by atoms with van der Waals surface area (Å²) in [4.78, 5) is 0. The zero-order valence-electron chi connectivity index (χ0n) is 10.1. The first kappa shape index (κ1) is 12.2. The van der Waals surface area contributed by atoms with Crippen LogP contribution in [0.4, 0.5) is 0 Å². The predicted molar refractivity (Wildman–Crippen MR) is 69.3 cm³/mol. The van der Waals surface area contributed by atoms with Crippen molar-refractivity contribution in [1.82, 2.24) is 0 Å². The van der Waals surface area contributed by atoms with Gasteiger partial charge in [-0.2, -0.15) is 0 Å². The molecule has 0 spiro atoms. The molecule has 92 valence electrons. The van der Waals surface area contributed by atoms with Crippen molar-refractivity contribution >= 4 is 0 Å². The number of aliphatic hydroxyl groups excluding tert-OH is 1. The monoisotopic (exact) mass is 232 g/mol. The minimum absolute atomic E-state index is 0.0820. The minimum atomic E-state index is -0.0820. The van der Waals surface area contributed by atoms with Gasteiger partial charge in [-0.05, 0) is 49.3 Å². The minimum Gasteiger partial charge on any atom is -0.490 e. The first-order valence-electron chi connectivity index (χ1n) is 6.31. The quantitative estimate of drug-likeness (QED) is 0.807. The maximum absolute atomic E-state index is 9.49. The van der Waals surface area contributed by atoms with E-state index in [1.807, 2.05) is 12.1 Å². The molecule has 1 N–H and O–H groups in total. The van der Waals surface area contributed by atoms with Crippen LogP contribution < -0.4 is 4.74 Å². The fourth-order valence-electron chi connectivity index (χ4n) is 2.40. The van der Waals surface area contributed by atoms with E-state index >= 15 is 0 Å². The van der Waals surface area contributed by atoms with Crippen molar-refractivity contribution in [2.75, 3.05) is 6.61 Å². The molecule has 0 aromatic heterocycles. The standard InChI is InChI=1S/C15H20O2/c1-2-11-17-15-9-5-13(6-10-15)12-3-7-14(16)8-4-12/h2,5-6,9-10,12,14,16H,1,3-4,7-8,11H2/t12-,14-. The summed E-state index contributed by atoms with van der Waals surface area (Å²) in [6, 6.07) is 8.31. The number of aliphatic hydroxyl groups is 1. The second kappa shape index (κ2) is 5.87. The second-order valence-electron chi connectivity index (χ2n) is 4.67. The average molecular weight is 232 g/mol. The third-order valence-electron chi connectivity index (χ3n) is 3.42. The van der Waals surface area contributed by atoms with Gasteiger partial charge in [-0.3, -0.25) is 0 Å². The summed E-state index contributed by atoms with van der Waals surface area (Å²) >= 11 is 0. The van der Waals surface area contributed by atoms with E-state index in [-0.39, 0.29) is 6.10 Å². The van der Waals surface area contributed by atoms with Gasteiger partial charge in [-0.25, -0.2) is 0 Å². The Morgan fingerprint density at radius 3 is 2.41 bits per heavy atom. The van der Waals surface area contributed by atoms with Crippen molar-refractivity contribution in [2.24, 2.45) is 0 Å². The Balaban J connectivity index is 1.95. The summed E-state index contributed by atoms with van der Waals surface area (Å²) in [5, 5.41) is 9.49. The first-order valence-corrected chi connectivity index (χ1v) is 6.31. The highest BCUT2D eigenvalue weighted by molar-refractivity contribution is 5.29. The van der Waals surface area contributed by atoms with Gasteiger partial charge in [0.05, 0.1) is 6.10 Å². The van der Waals surface area contributed by atoms with Crippen LogP contribution in [-0.4, -0.2) is 17.8 Å². The van der Waals surface area contributed by atoms with Crippen molar-refractivity contribution in [3.63, 3.8) is 0 Å². The van der Waals surface area contributed by atoms with Gasteiger partial charge in [0.2, 0.25) is 0 Å². The van der Waals surface area contributed by atoms with E-state index in [1.54, 1.807) is 6.08 Å². The Labute approximate surface area is 103 Å². The second-order valence-corrected chi connectivity index (χ2v) is 4.67. The lowest BCUT2D eigenvalue weighted by atomic mass is 9.83. The molecule has 1 aromatic rings. The molecule has 1 aromatic carbocycles.